The average molecular weight is 182 g/mol. The van der Waals surface area contributed by atoms with E-state index in [0.29, 0.717) is 0 Å². The Hall–Kier alpha value is -1.70. The van der Waals surface area contributed by atoms with Gasteiger partial charge in [0.1, 0.15) is 0 Å². The Morgan fingerprint density at radius 1 is 1.21 bits per heavy atom. The van der Waals surface area contributed by atoms with E-state index in [-0.39, 0.29) is 5.41 Å². The molecule has 0 aromatic carbocycles. The predicted molar refractivity (Wildman–Crippen MR) is 58.5 cm³/mol. The van der Waals surface area contributed by atoms with Crippen molar-refractivity contribution in [2.45, 2.75) is 6.42 Å². The molecule has 2 aliphatic heterocycles. The van der Waals surface area contributed by atoms with Crippen LogP contribution in [0.4, 0.5) is 0 Å². The summed E-state index contributed by atoms with van der Waals surface area (Å²) in [7, 11) is 0. The van der Waals surface area contributed by atoms with Gasteiger partial charge in [-0.1, -0.05) is 12.2 Å². The van der Waals surface area contributed by atoms with Crippen molar-refractivity contribution in [1.29, 1.82) is 0 Å². The van der Waals surface area contributed by atoms with Gasteiger partial charge in [0.25, 0.3) is 0 Å². The molecule has 0 bridgehead atoms. The third-order valence-electron chi connectivity index (χ3n) is 2.90. The number of hydrogen-bond acceptors (Lipinski definition) is 2. The molecular formula is C12H10N2. The zero-order chi connectivity index (χ0) is 9.43. The van der Waals surface area contributed by atoms with E-state index in [9.17, 15) is 0 Å². The summed E-state index contributed by atoms with van der Waals surface area (Å²) in [5.41, 5.74) is 2.37. The molecule has 3 aliphatic rings. The van der Waals surface area contributed by atoms with Crippen LogP contribution in [0.25, 0.3) is 0 Å². The third-order valence-corrected chi connectivity index (χ3v) is 2.90. The van der Waals surface area contributed by atoms with Gasteiger partial charge in [0.05, 0.1) is 11.1 Å². The van der Waals surface area contributed by atoms with Crippen LogP contribution < -0.4 is 0 Å². The summed E-state index contributed by atoms with van der Waals surface area (Å²) in [6.07, 6.45) is 17.2. The molecule has 1 spiro atoms. The first-order chi connectivity index (χ1) is 6.92. The van der Waals surface area contributed by atoms with Gasteiger partial charge in [-0.15, -0.1) is 0 Å². The van der Waals surface area contributed by atoms with Gasteiger partial charge in [-0.25, -0.2) is 0 Å². The van der Waals surface area contributed by atoms with Crippen LogP contribution in [0.5, 0.6) is 0 Å². The number of aliphatic imine (C=N–C) groups is 2. The van der Waals surface area contributed by atoms with Gasteiger partial charge < -0.3 is 0 Å². The zero-order valence-electron chi connectivity index (χ0n) is 7.72. The minimum absolute atomic E-state index is 0.0920. The maximum atomic E-state index is 4.38. The normalized spacial score (nSPS) is 32.0. The Bertz CT molecular complexity index is 447. The van der Waals surface area contributed by atoms with Crippen LogP contribution in [0.15, 0.2) is 58.3 Å². The molecule has 0 amide bonds. The van der Waals surface area contributed by atoms with Crippen molar-refractivity contribution in [3.8, 4) is 0 Å². The highest BCUT2D eigenvalue weighted by atomic mass is 14.8. The lowest BCUT2D eigenvalue weighted by molar-refractivity contribution is 0.807. The van der Waals surface area contributed by atoms with Gasteiger partial charge in [0, 0.05) is 25.0 Å². The van der Waals surface area contributed by atoms with Crippen molar-refractivity contribution >= 4 is 11.9 Å². The van der Waals surface area contributed by atoms with E-state index in [4.69, 9.17) is 0 Å². The molecule has 14 heavy (non-hydrogen) atoms. The minimum Gasteiger partial charge on any atom is -0.269 e. The Morgan fingerprint density at radius 3 is 3.14 bits per heavy atom. The Labute approximate surface area is 82.8 Å². The summed E-state index contributed by atoms with van der Waals surface area (Å²) in [5.74, 6) is 0. The van der Waals surface area contributed by atoms with Crippen molar-refractivity contribution in [2.24, 2.45) is 15.4 Å². The fourth-order valence-corrected chi connectivity index (χ4v) is 2.13. The van der Waals surface area contributed by atoms with Gasteiger partial charge in [-0.2, -0.15) is 0 Å². The quantitative estimate of drug-likeness (QED) is 0.549. The molecule has 3 rings (SSSR count). The van der Waals surface area contributed by atoms with Crippen LogP contribution in [0.1, 0.15) is 6.42 Å². The molecule has 0 aromatic heterocycles. The lowest BCUT2D eigenvalue weighted by Crippen LogP contribution is -2.27. The molecule has 2 heteroatoms. The number of hydrogen-bond donors (Lipinski definition) is 0. The molecule has 1 aliphatic carbocycles. The van der Waals surface area contributed by atoms with Gasteiger partial charge in [-0.05, 0) is 23.8 Å². The van der Waals surface area contributed by atoms with Crippen LogP contribution >= 0.6 is 0 Å². The van der Waals surface area contributed by atoms with E-state index in [1.807, 2.05) is 18.6 Å². The first kappa shape index (κ1) is 7.68. The number of allylic oxidation sites excluding steroid dienone is 6. The highest BCUT2D eigenvalue weighted by molar-refractivity contribution is 6.08. The number of rotatable bonds is 0. The Morgan fingerprint density at radius 2 is 2.14 bits per heavy atom. The SMILES string of the molecule is C1=CC2=NC=CC23C=CN=CCC3=C1. The summed E-state index contributed by atoms with van der Waals surface area (Å²) < 4.78 is 0. The van der Waals surface area contributed by atoms with E-state index in [2.05, 4.69) is 40.4 Å². The van der Waals surface area contributed by atoms with E-state index in [0.717, 1.165) is 12.1 Å². The van der Waals surface area contributed by atoms with E-state index in [1.165, 1.54) is 5.57 Å². The van der Waals surface area contributed by atoms with Crippen LogP contribution in [-0.2, 0) is 0 Å². The molecule has 0 radical (unpaired) electrons. The third kappa shape index (κ3) is 0.854. The maximum absolute atomic E-state index is 4.38. The fourth-order valence-electron chi connectivity index (χ4n) is 2.13. The lowest BCUT2D eigenvalue weighted by Gasteiger charge is -2.28. The second kappa shape index (κ2) is 2.64. The second-order valence-corrected chi connectivity index (χ2v) is 3.60. The first-order valence-corrected chi connectivity index (χ1v) is 4.75. The molecule has 2 heterocycles. The fraction of sp³-hybridized carbons (Fsp3) is 0.167. The molecule has 2 nitrogen and oxygen atoms in total. The molecule has 0 fully saturated rings. The summed E-state index contributed by atoms with van der Waals surface area (Å²) in [5, 5.41) is 0. The van der Waals surface area contributed by atoms with Gasteiger partial charge in [0.15, 0.2) is 0 Å². The molecule has 0 aromatic rings. The van der Waals surface area contributed by atoms with Gasteiger partial charge >= 0.3 is 0 Å². The molecule has 0 saturated carbocycles. The van der Waals surface area contributed by atoms with Crippen LogP contribution in [0, 0.1) is 5.41 Å². The maximum Gasteiger partial charge on any atom is 0.0737 e. The standard InChI is InChI=1S/C12H10N2/c1-2-10-4-7-13-8-5-12(10)6-9-14-11(12)3-1/h1-3,5-9H,4H2. The molecule has 68 valence electrons. The van der Waals surface area contributed by atoms with Crippen LogP contribution in [-0.4, -0.2) is 11.9 Å². The van der Waals surface area contributed by atoms with Crippen molar-refractivity contribution in [3.63, 3.8) is 0 Å². The van der Waals surface area contributed by atoms with Crippen molar-refractivity contribution in [1.82, 2.24) is 0 Å². The molecule has 0 saturated heterocycles. The predicted octanol–water partition coefficient (Wildman–Crippen LogP) is 2.43. The largest absolute Gasteiger partial charge is 0.269 e. The summed E-state index contributed by atoms with van der Waals surface area (Å²) in [6.45, 7) is 0. The van der Waals surface area contributed by atoms with E-state index < -0.39 is 0 Å². The van der Waals surface area contributed by atoms with E-state index >= 15 is 0 Å². The lowest BCUT2D eigenvalue weighted by atomic mass is 9.73. The Balaban J connectivity index is 2.22. The van der Waals surface area contributed by atoms with Crippen LogP contribution in [0.3, 0.4) is 0 Å². The highest BCUT2D eigenvalue weighted by Crippen LogP contribution is 2.41. The Kier molecular flexibility index (Phi) is 1.45. The van der Waals surface area contributed by atoms with Crippen LogP contribution in [0.2, 0.25) is 0 Å². The number of nitrogens with zero attached hydrogens (tertiary/aromatic N) is 2. The second-order valence-electron chi connectivity index (χ2n) is 3.60. The van der Waals surface area contributed by atoms with Crippen molar-refractivity contribution in [2.75, 3.05) is 0 Å². The molecule has 0 N–H and O–H groups in total. The summed E-state index contributed by atoms with van der Waals surface area (Å²) in [4.78, 5) is 8.56. The zero-order valence-corrected chi connectivity index (χ0v) is 7.72. The monoisotopic (exact) mass is 182 g/mol. The van der Waals surface area contributed by atoms with Crippen molar-refractivity contribution in [3.05, 3.63) is 48.4 Å². The molecule has 1 atom stereocenters. The molecular weight excluding hydrogens is 172 g/mol. The van der Waals surface area contributed by atoms with E-state index in [1.54, 1.807) is 0 Å². The van der Waals surface area contributed by atoms with Crippen molar-refractivity contribution < 1.29 is 0 Å². The molecule has 1 unspecified atom stereocenters. The highest BCUT2D eigenvalue weighted by Gasteiger charge is 2.37. The van der Waals surface area contributed by atoms with Gasteiger partial charge in [0.2, 0.25) is 0 Å². The first-order valence-electron chi connectivity index (χ1n) is 4.75. The smallest absolute Gasteiger partial charge is 0.0737 e. The summed E-state index contributed by atoms with van der Waals surface area (Å²) >= 11 is 0. The van der Waals surface area contributed by atoms with Gasteiger partial charge in [-0.3, -0.25) is 9.98 Å². The minimum atomic E-state index is -0.0920. The average Bonchev–Trinajstić information content (AvgIpc) is 2.50. The topological polar surface area (TPSA) is 24.7 Å². The summed E-state index contributed by atoms with van der Waals surface area (Å²) in [6, 6.07) is 0.